The highest BCUT2D eigenvalue weighted by Crippen LogP contribution is 2.35. The highest BCUT2D eigenvalue weighted by molar-refractivity contribution is 6.01. The smallest absolute Gasteiger partial charge is 0.251 e. The molecular weight excluding hydrogens is 342 g/mol. The molecule has 0 aromatic heterocycles. The van der Waals surface area contributed by atoms with Gasteiger partial charge in [-0.15, -0.1) is 0 Å². The first-order chi connectivity index (χ1) is 13.0. The first kappa shape index (κ1) is 17.4. The number of phenolic OH excluding ortho intramolecular Hbond substituents is 1. The number of hydrogen-bond acceptors (Lipinski definition) is 4. The summed E-state index contributed by atoms with van der Waals surface area (Å²) in [6.07, 6.45) is 3.01. The normalized spacial score (nSPS) is 18.8. The van der Waals surface area contributed by atoms with Crippen molar-refractivity contribution in [1.29, 1.82) is 0 Å². The predicted molar refractivity (Wildman–Crippen MR) is 104 cm³/mol. The second-order valence-electron chi connectivity index (χ2n) is 7.21. The number of nitrogens with one attached hydrogen (secondary N) is 2. The van der Waals surface area contributed by atoms with Crippen LogP contribution in [0.2, 0.25) is 0 Å². The second kappa shape index (κ2) is 6.95. The Balaban J connectivity index is 1.58. The van der Waals surface area contributed by atoms with E-state index in [9.17, 15) is 14.7 Å². The third-order valence-corrected chi connectivity index (χ3v) is 5.41. The van der Waals surface area contributed by atoms with Crippen LogP contribution in [0, 0.1) is 0 Å². The fraction of sp³-hybridized carbons (Fsp3) is 0.333. The molecular formula is C21H23N3O3. The number of nitrogens with zero attached hydrogens (tertiary/aromatic N) is 1. The lowest BCUT2D eigenvalue weighted by atomic mass is 9.87. The molecule has 27 heavy (non-hydrogen) atoms. The van der Waals surface area contributed by atoms with Gasteiger partial charge >= 0.3 is 0 Å². The Bertz CT molecular complexity index is 910. The zero-order chi connectivity index (χ0) is 19.0. The van der Waals surface area contributed by atoms with E-state index in [2.05, 4.69) is 10.6 Å². The van der Waals surface area contributed by atoms with Gasteiger partial charge in [0.25, 0.3) is 5.91 Å². The molecule has 2 aromatic carbocycles. The maximum Gasteiger partial charge on any atom is 0.251 e. The van der Waals surface area contributed by atoms with E-state index >= 15 is 0 Å². The number of fused-ring (bicyclic) bond motifs is 2. The number of anilines is 2. The lowest BCUT2D eigenvalue weighted by Gasteiger charge is -2.27. The molecule has 1 aliphatic heterocycles. The Morgan fingerprint density at radius 3 is 2.96 bits per heavy atom. The minimum absolute atomic E-state index is 0.0464. The third kappa shape index (κ3) is 3.35. The van der Waals surface area contributed by atoms with Gasteiger partial charge < -0.3 is 20.6 Å². The molecule has 2 amide bonds. The average molecular weight is 365 g/mol. The van der Waals surface area contributed by atoms with Crippen molar-refractivity contribution in [3.8, 4) is 5.75 Å². The zero-order valence-electron chi connectivity index (χ0n) is 15.3. The number of hydrogen-bond donors (Lipinski definition) is 3. The van der Waals surface area contributed by atoms with Crippen molar-refractivity contribution in [2.75, 3.05) is 23.8 Å². The van der Waals surface area contributed by atoms with Crippen molar-refractivity contribution in [2.45, 2.75) is 31.7 Å². The van der Waals surface area contributed by atoms with Gasteiger partial charge in [-0.1, -0.05) is 12.1 Å². The molecule has 1 atom stereocenters. The molecule has 1 unspecified atom stereocenters. The maximum absolute atomic E-state index is 12.8. The fourth-order valence-electron chi connectivity index (χ4n) is 3.93. The topological polar surface area (TPSA) is 81.7 Å². The summed E-state index contributed by atoms with van der Waals surface area (Å²) in [5, 5.41) is 16.0. The molecule has 6 nitrogen and oxygen atoms in total. The first-order valence-electron chi connectivity index (χ1n) is 9.29. The summed E-state index contributed by atoms with van der Waals surface area (Å²) in [5.74, 6) is 0.0669. The number of carbonyl (C=O) groups is 2. The summed E-state index contributed by atoms with van der Waals surface area (Å²) < 4.78 is 0. The van der Waals surface area contributed by atoms with Crippen LogP contribution in [-0.2, 0) is 11.2 Å². The molecule has 3 N–H and O–H groups in total. The summed E-state index contributed by atoms with van der Waals surface area (Å²) >= 11 is 0. The minimum atomic E-state index is -0.180. The number of aromatic hydroxyl groups is 1. The van der Waals surface area contributed by atoms with Crippen LogP contribution in [0.3, 0.4) is 0 Å². The molecule has 1 heterocycles. The van der Waals surface area contributed by atoms with Crippen LogP contribution in [0.1, 0.15) is 46.8 Å². The summed E-state index contributed by atoms with van der Waals surface area (Å²) in [6.45, 7) is 0.646. The van der Waals surface area contributed by atoms with E-state index in [0.717, 1.165) is 36.1 Å². The standard InChI is InChI=1S/C21H23N3O3/c1-24-11-10-20(26)22-17-12-13(8-9-18(17)24)21(27)23-16-6-2-5-15-14(16)4-3-7-19(15)25/h3-4,7-9,12,16,25H,2,5-6,10-11H2,1H3,(H,22,26)(H,23,27). The zero-order valence-corrected chi connectivity index (χ0v) is 15.3. The Morgan fingerprint density at radius 1 is 1.26 bits per heavy atom. The summed E-state index contributed by atoms with van der Waals surface area (Å²) in [5.41, 5.74) is 3.98. The van der Waals surface area contributed by atoms with Gasteiger partial charge in [0.2, 0.25) is 5.91 Å². The van der Waals surface area contributed by atoms with Gasteiger partial charge in [0, 0.05) is 25.6 Å². The summed E-state index contributed by atoms with van der Waals surface area (Å²) in [6, 6.07) is 10.7. The summed E-state index contributed by atoms with van der Waals surface area (Å²) in [7, 11) is 1.93. The van der Waals surface area contributed by atoms with E-state index in [1.54, 1.807) is 18.2 Å². The Hall–Kier alpha value is -3.02. The van der Waals surface area contributed by atoms with Crippen molar-refractivity contribution in [3.63, 3.8) is 0 Å². The fourth-order valence-corrected chi connectivity index (χ4v) is 3.93. The van der Waals surface area contributed by atoms with Gasteiger partial charge in [-0.25, -0.2) is 0 Å². The van der Waals surface area contributed by atoms with Crippen molar-refractivity contribution in [3.05, 3.63) is 53.1 Å². The first-order valence-corrected chi connectivity index (χ1v) is 9.29. The minimum Gasteiger partial charge on any atom is -0.508 e. The van der Waals surface area contributed by atoms with E-state index in [1.165, 1.54) is 0 Å². The van der Waals surface area contributed by atoms with Gasteiger partial charge in [-0.05, 0) is 54.7 Å². The number of rotatable bonds is 2. The van der Waals surface area contributed by atoms with Crippen molar-refractivity contribution in [2.24, 2.45) is 0 Å². The number of carbonyl (C=O) groups excluding carboxylic acids is 2. The molecule has 0 spiro atoms. The predicted octanol–water partition coefficient (Wildman–Crippen LogP) is 2.98. The van der Waals surface area contributed by atoms with Gasteiger partial charge in [-0.2, -0.15) is 0 Å². The highest BCUT2D eigenvalue weighted by atomic mass is 16.3. The van der Waals surface area contributed by atoms with Crippen LogP contribution < -0.4 is 15.5 Å². The Labute approximate surface area is 158 Å². The largest absolute Gasteiger partial charge is 0.508 e. The van der Waals surface area contributed by atoms with Crippen molar-refractivity contribution >= 4 is 23.2 Å². The van der Waals surface area contributed by atoms with Gasteiger partial charge in [0.15, 0.2) is 0 Å². The van der Waals surface area contributed by atoms with Gasteiger partial charge in [0.1, 0.15) is 5.75 Å². The number of amides is 2. The maximum atomic E-state index is 12.8. The van der Waals surface area contributed by atoms with Crippen molar-refractivity contribution in [1.82, 2.24) is 5.32 Å². The molecule has 1 aliphatic carbocycles. The van der Waals surface area contributed by atoms with Crippen LogP contribution in [0.4, 0.5) is 11.4 Å². The Morgan fingerprint density at radius 2 is 2.11 bits per heavy atom. The molecule has 2 aliphatic rings. The SMILES string of the molecule is CN1CCC(=O)Nc2cc(C(=O)NC3CCCc4c(O)cccc43)ccc21. The van der Waals surface area contributed by atoms with E-state index in [4.69, 9.17) is 0 Å². The van der Waals surface area contributed by atoms with Crippen molar-refractivity contribution < 1.29 is 14.7 Å². The third-order valence-electron chi connectivity index (χ3n) is 5.41. The van der Waals surface area contributed by atoms with Gasteiger partial charge in [0.05, 0.1) is 17.4 Å². The quantitative estimate of drug-likeness (QED) is 0.764. The van der Waals surface area contributed by atoms with E-state index in [-0.39, 0.29) is 17.9 Å². The van der Waals surface area contributed by atoms with Crippen LogP contribution >= 0.6 is 0 Å². The van der Waals surface area contributed by atoms with E-state index < -0.39 is 0 Å². The number of benzene rings is 2. The van der Waals surface area contributed by atoms with Gasteiger partial charge in [-0.3, -0.25) is 9.59 Å². The molecule has 0 radical (unpaired) electrons. The highest BCUT2D eigenvalue weighted by Gasteiger charge is 2.25. The van der Waals surface area contributed by atoms with Crippen LogP contribution in [0.15, 0.2) is 36.4 Å². The molecule has 6 heteroatoms. The van der Waals surface area contributed by atoms with Crippen LogP contribution in [-0.4, -0.2) is 30.5 Å². The molecule has 140 valence electrons. The van der Waals surface area contributed by atoms with Crippen LogP contribution in [0.5, 0.6) is 5.75 Å². The van der Waals surface area contributed by atoms with E-state index in [0.29, 0.717) is 30.0 Å². The lowest BCUT2D eigenvalue weighted by molar-refractivity contribution is -0.115. The Kier molecular flexibility index (Phi) is 4.48. The molecule has 0 fully saturated rings. The number of phenols is 1. The monoisotopic (exact) mass is 365 g/mol. The average Bonchev–Trinajstić information content (AvgIpc) is 2.80. The molecule has 0 bridgehead atoms. The molecule has 4 rings (SSSR count). The molecule has 2 aromatic rings. The second-order valence-corrected chi connectivity index (χ2v) is 7.21. The lowest BCUT2D eigenvalue weighted by Crippen LogP contribution is -2.31. The van der Waals surface area contributed by atoms with Crippen LogP contribution in [0.25, 0.3) is 0 Å². The van der Waals surface area contributed by atoms with E-state index in [1.807, 2.05) is 30.1 Å². The molecule has 0 saturated heterocycles. The summed E-state index contributed by atoms with van der Waals surface area (Å²) in [4.78, 5) is 26.7. The molecule has 0 saturated carbocycles.